The summed E-state index contributed by atoms with van der Waals surface area (Å²) in [6.07, 6.45) is 17.1. The monoisotopic (exact) mass is 764 g/mol. The minimum absolute atomic E-state index is 0.769. The summed E-state index contributed by atoms with van der Waals surface area (Å²) in [5.74, 6) is 0. The van der Waals surface area contributed by atoms with Crippen LogP contribution in [-0.2, 0) is 12.8 Å². The maximum absolute atomic E-state index is 4.63. The maximum Gasteiger partial charge on any atom is 0.0496 e. The molecule has 0 radical (unpaired) electrons. The number of hydrogen-bond acceptors (Lipinski definition) is 3. The molecule has 0 aliphatic carbocycles. The maximum atomic E-state index is 4.63. The van der Waals surface area contributed by atoms with Gasteiger partial charge in [-0.2, -0.15) is 0 Å². The highest BCUT2D eigenvalue weighted by molar-refractivity contribution is 8.02. The molecule has 0 aromatic heterocycles. The Morgan fingerprint density at radius 1 is 0.448 bits per heavy atom. The summed E-state index contributed by atoms with van der Waals surface area (Å²) in [5, 5.41) is 2.22. The first kappa shape index (κ1) is 36.8. The number of para-hydroxylation sites is 1. The van der Waals surface area contributed by atoms with Crippen molar-refractivity contribution in [2.24, 2.45) is 0 Å². The van der Waals surface area contributed by atoms with Crippen molar-refractivity contribution in [2.45, 2.75) is 17.7 Å². The van der Waals surface area contributed by atoms with Crippen molar-refractivity contribution in [2.75, 3.05) is 16.3 Å². The fourth-order valence-corrected chi connectivity index (χ4v) is 8.67. The second-order valence-electron chi connectivity index (χ2n) is 14.6. The lowest BCUT2D eigenvalue weighted by Crippen LogP contribution is -2.18. The van der Waals surface area contributed by atoms with Gasteiger partial charge in [0.1, 0.15) is 0 Å². The summed E-state index contributed by atoms with van der Waals surface area (Å²) < 4.78 is 0. The number of anilines is 4. The average Bonchev–Trinajstić information content (AvgIpc) is 3.35. The van der Waals surface area contributed by atoms with Crippen molar-refractivity contribution in [1.82, 2.24) is 0 Å². The predicted molar refractivity (Wildman–Crippen MR) is 250 cm³/mol. The Bertz CT molecular complexity index is 2630. The Morgan fingerprint density at radius 2 is 1.05 bits per heavy atom. The molecule has 0 fully saturated rings. The normalized spacial score (nSPS) is 16.2. The number of benzene rings is 7. The van der Waals surface area contributed by atoms with Gasteiger partial charge in [-0.15, -0.1) is 0 Å². The molecule has 0 N–H and O–H groups in total. The number of nitrogens with zero attached hydrogens (tertiary/aromatic N) is 2. The van der Waals surface area contributed by atoms with Gasteiger partial charge in [0.25, 0.3) is 0 Å². The van der Waals surface area contributed by atoms with E-state index in [4.69, 9.17) is 0 Å². The largest absolute Gasteiger partial charge is 0.337 e. The van der Waals surface area contributed by atoms with Gasteiger partial charge in [-0.1, -0.05) is 164 Å². The molecule has 280 valence electrons. The van der Waals surface area contributed by atoms with Gasteiger partial charge < -0.3 is 9.80 Å². The van der Waals surface area contributed by atoms with Gasteiger partial charge in [-0.25, -0.2) is 0 Å². The smallest absolute Gasteiger partial charge is 0.0496 e. The summed E-state index contributed by atoms with van der Waals surface area (Å²) in [5.41, 5.74) is 16.4. The first-order chi connectivity index (χ1) is 28.7. The molecule has 0 atom stereocenters. The standard InChI is InChI=1S/C55H44N2S/c1-41-18-6-2-11-24-48-37-46(31-33-54(48)57(41)52-39-49(42-19-7-3-8-20-42)38-50(40-52)43-21-9-4-10-22-43)45-30-32-53-47(36-45)26-16-25-44-23-14-15-29-55(44)58-35-17-34-56(53)51-27-12-5-13-28-51/h2-23,25,27-33,35-40H,1,24,26,34H2/b11-2-,18-6-,25-16+,35-17+. The molecule has 2 heterocycles. The van der Waals surface area contributed by atoms with Crippen LogP contribution in [0.15, 0.2) is 229 Å². The quantitative estimate of drug-likeness (QED) is 0.172. The minimum atomic E-state index is 0.769. The third-order valence-corrected chi connectivity index (χ3v) is 11.7. The van der Waals surface area contributed by atoms with Crippen LogP contribution >= 0.6 is 11.8 Å². The van der Waals surface area contributed by atoms with Crippen LogP contribution in [0.2, 0.25) is 0 Å². The molecule has 0 spiro atoms. The minimum Gasteiger partial charge on any atom is -0.337 e. The molecule has 0 unspecified atom stereocenters. The number of thioether (sulfide) groups is 1. The Hall–Kier alpha value is -6.81. The average molecular weight is 765 g/mol. The van der Waals surface area contributed by atoms with Crippen LogP contribution in [0.4, 0.5) is 22.7 Å². The molecule has 58 heavy (non-hydrogen) atoms. The second-order valence-corrected chi connectivity index (χ2v) is 15.5. The van der Waals surface area contributed by atoms with E-state index in [9.17, 15) is 0 Å². The van der Waals surface area contributed by atoms with Gasteiger partial charge in [0.05, 0.1) is 0 Å². The molecule has 7 aromatic rings. The fraction of sp³-hybridized carbons (Fsp3) is 0.0545. The van der Waals surface area contributed by atoms with Crippen molar-refractivity contribution < 1.29 is 0 Å². The first-order valence-electron chi connectivity index (χ1n) is 19.9. The summed E-state index contributed by atoms with van der Waals surface area (Å²) >= 11 is 1.78. The molecule has 0 amide bonds. The fourth-order valence-electron chi connectivity index (χ4n) is 7.91. The Balaban J connectivity index is 1.15. The van der Waals surface area contributed by atoms with Gasteiger partial charge in [0.15, 0.2) is 0 Å². The van der Waals surface area contributed by atoms with E-state index < -0.39 is 0 Å². The zero-order valence-corrected chi connectivity index (χ0v) is 33.2. The van der Waals surface area contributed by atoms with Crippen LogP contribution in [-0.4, -0.2) is 6.54 Å². The topological polar surface area (TPSA) is 6.48 Å². The van der Waals surface area contributed by atoms with Crippen LogP contribution in [0, 0.1) is 0 Å². The summed E-state index contributed by atoms with van der Waals surface area (Å²) in [6, 6.07) is 61.5. The van der Waals surface area contributed by atoms with E-state index in [1.54, 1.807) is 11.8 Å². The lowest BCUT2D eigenvalue weighted by molar-refractivity contribution is 1.07. The number of hydrogen-bond donors (Lipinski definition) is 0. The predicted octanol–water partition coefficient (Wildman–Crippen LogP) is 15.0. The third kappa shape index (κ3) is 8.04. The lowest BCUT2D eigenvalue weighted by atomic mass is 9.95. The van der Waals surface area contributed by atoms with Gasteiger partial charge in [0, 0.05) is 39.9 Å². The SMILES string of the molecule is C=C1/C=C\C=C/Cc2cc(-c3ccc4c(c3)C/C=C/c3ccccc3S/C=C/CN4c3ccccc3)ccc2N1c1cc(-c2ccccc2)cc(-c2ccccc2)c1. The second kappa shape index (κ2) is 17.1. The van der Waals surface area contributed by atoms with Gasteiger partial charge >= 0.3 is 0 Å². The highest BCUT2D eigenvalue weighted by Crippen LogP contribution is 2.41. The van der Waals surface area contributed by atoms with E-state index in [1.807, 2.05) is 0 Å². The van der Waals surface area contributed by atoms with Crippen LogP contribution in [0.1, 0.15) is 16.7 Å². The van der Waals surface area contributed by atoms with Crippen LogP contribution in [0.25, 0.3) is 39.5 Å². The van der Waals surface area contributed by atoms with Crippen LogP contribution in [0.3, 0.4) is 0 Å². The van der Waals surface area contributed by atoms with Crippen molar-refractivity contribution in [1.29, 1.82) is 0 Å². The van der Waals surface area contributed by atoms with Crippen molar-refractivity contribution in [3.8, 4) is 33.4 Å². The molecule has 7 aromatic carbocycles. The molecular weight excluding hydrogens is 721 g/mol. The number of rotatable bonds is 5. The van der Waals surface area contributed by atoms with Crippen molar-refractivity contribution in [3.05, 3.63) is 241 Å². The Kier molecular flexibility index (Phi) is 10.9. The number of fused-ring (bicyclic) bond motifs is 3. The zero-order valence-electron chi connectivity index (χ0n) is 32.4. The van der Waals surface area contributed by atoms with E-state index in [0.29, 0.717) is 0 Å². The molecule has 2 aliphatic rings. The highest BCUT2D eigenvalue weighted by Gasteiger charge is 2.20. The molecule has 3 heteroatoms. The molecule has 0 saturated heterocycles. The molecule has 2 nitrogen and oxygen atoms in total. The van der Waals surface area contributed by atoms with E-state index in [2.05, 4.69) is 234 Å². The van der Waals surface area contributed by atoms with Crippen molar-refractivity contribution in [3.63, 3.8) is 0 Å². The molecule has 2 aliphatic heterocycles. The van der Waals surface area contributed by atoms with E-state index in [1.165, 1.54) is 66.3 Å². The Morgan fingerprint density at radius 3 is 1.76 bits per heavy atom. The zero-order chi connectivity index (χ0) is 39.1. The first-order valence-corrected chi connectivity index (χ1v) is 20.8. The molecule has 9 rings (SSSR count). The van der Waals surface area contributed by atoms with Crippen LogP contribution < -0.4 is 9.80 Å². The third-order valence-electron chi connectivity index (χ3n) is 10.8. The van der Waals surface area contributed by atoms with Gasteiger partial charge in [-0.05, 0) is 135 Å². The van der Waals surface area contributed by atoms with Crippen molar-refractivity contribution >= 4 is 40.6 Å². The number of allylic oxidation sites excluding steroid dienone is 5. The summed E-state index contributed by atoms with van der Waals surface area (Å²) in [4.78, 5) is 6.01. The van der Waals surface area contributed by atoms with E-state index in [0.717, 1.165) is 36.5 Å². The van der Waals surface area contributed by atoms with E-state index in [-0.39, 0.29) is 0 Å². The van der Waals surface area contributed by atoms with Crippen LogP contribution in [0.5, 0.6) is 0 Å². The van der Waals surface area contributed by atoms with Gasteiger partial charge in [0.2, 0.25) is 0 Å². The van der Waals surface area contributed by atoms with Gasteiger partial charge in [-0.3, -0.25) is 0 Å². The molecule has 0 bridgehead atoms. The summed E-state index contributed by atoms with van der Waals surface area (Å²) in [6.45, 7) is 5.39. The molecular formula is C55H44N2S. The lowest BCUT2D eigenvalue weighted by Gasteiger charge is -2.29. The summed E-state index contributed by atoms with van der Waals surface area (Å²) in [7, 11) is 0. The van der Waals surface area contributed by atoms with E-state index >= 15 is 0 Å². The Labute approximate surface area is 347 Å². The molecule has 0 saturated carbocycles. The highest BCUT2D eigenvalue weighted by atomic mass is 32.2.